The molecule has 1 aromatic rings. The number of hydrogen-bond donors (Lipinski definition) is 3. The second-order valence-electron chi connectivity index (χ2n) is 10.3. The summed E-state index contributed by atoms with van der Waals surface area (Å²) in [6.07, 6.45) is 4.36. The van der Waals surface area contributed by atoms with Crippen molar-refractivity contribution in [1.29, 1.82) is 0 Å². The highest BCUT2D eigenvalue weighted by molar-refractivity contribution is 5.92. The maximum absolute atomic E-state index is 13.7. The van der Waals surface area contributed by atoms with Gasteiger partial charge in [-0.05, 0) is 52.5 Å². The molecule has 0 heterocycles. The van der Waals surface area contributed by atoms with Crippen molar-refractivity contribution in [2.75, 3.05) is 6.54 Å². The van der Waals surface area contributed by atoms with Gasteiger partial charge in [-0.1, -0.05) is 51.3 Å². The topological polar surface area (TPSA) is 108 Å². The summed E-state index contributed by atoms with van der Waals surface area (Å²) in [4.78, 5) is 41.2. The number of ether oxygens (including phenoxy) is 1. The van der Waals surface area contributed by atoms with Gasteiger partial charge in [-0.25, -0.2) is 4.79 Å². The zero-order valence-electron chi connectivity index (χ0n) is 21.4. The molecule has 0 spiro atoms. The normalized spacial score (nSPS) is 16.4. The van der Waals surface area contributed by atoms with Crippen LogP contribution in [-0.2, 0) is 14.3 Å². The van der Waals surface area contributed by atoms with Crippen LogP contribution in [0.4, 0.5) is 4.79 Å². The van der Waals surface area contributed by atoms with Gasteiger partial charge in [-0.2, -0.15) is 0 Å². The van der Waals surface area contributed by atoms with Gasteiger partial charge in [-0.3, -0.25) is 9.59 Å². The van der Waals surface area contributed by atoms with Gasteiger partial charge in [0.2, 0.25) is 11.8 Å². The van der Waals surface area contributed by atoms with E-state index in [2.05, 4.69) is 10.6 Å². The first-order valence-corrected chi connectivity index (χ1v) is 12.3. The zero-order valence-corrected chi connectivity index (χ0v) is 21.4. The molecule has 2 unspecified atom stereocenters. The van der Waals surface area contributed by atoms with Gasteiger partial charge >= 0.3 is 6.09 Å². The van der Waals surface area contributed by atoms with Crippen molar-refractivity contribution in [3.8, 4) is 5.75 Å². The van der Waals surface area contributed by atoms with Crippen molar-refractivity contribution in [1.82, 2.24) is 15.5 Å². The number of phenols is 1. The summed E-state index contributed by atoms with van der Waals surface area (Å²) in [7, 11) is 0. The lowest BCUT2D eigenvalue weighted by Crippen LogP contribution is -2.55. The van der Waals surface area contributed by atoms with E-state index in [0.717, 1.165) is 32.1 Å². The van der Waals surface area contributed by atoms with E-state index in [1.54, 1.807) is 45.9 Å². The molecule has 8 heteroatoms. The number of alkyl carbamates (subject to hydrolysis) is 1. The molecule has 0 saturated heterocycles. The predicted octanol–water partition coefficient (Wildman–Crippen LogP) is 4.28. The number of hydrogen-bond acceptors (Lipinski definition) is 5. The van der Waals surface area contributed by atoms with E-state index >= 15 is 0 Å². The molecule has 1 aliphatic rings. The van der Waals surface area contributed by atoms with Crippen LogP contribution in [0.1, 0.15) is 85.3 Å². The monoisotopic (exact) mass is 475 g/mol. The van der Waals surface area contributed by atoms with Crippen molar-refractivity contribution >= 4 is 17.9 Å². The number of benzene rings is 1. The fourth-order valence-electron chi connectivity index (χ4n) is 4.29. The van der Waals surface area contributed by atoms with E-state index in [0.29, 0.717) is 5.56 Å². The van der Waals surface area contributed by atoms with Gasteiger partial charge in [-0.15, -0.1) is 0 Å². The summed E-state index contributed by atoms with van der Waals surface area (Å²) in [5.74, 6) is -1.04. The first kappa shape index (κ1) is 27.5. The molecular formula is C26H41N3O5. The van der Waals surface area contributed by atoms with Gasteiger partial charge in [0.15, 0.2) is 0 Å². The third-order valence-corrected chi connectivity index (χ3v) is 5.97. The first-order chi connectivity index (χ1) is 15.9. The maximum Gasteiger partial charge on any atom is 0.408 e. The number of aromatic hydroxyl groups is 1. The summed E-state index contributed by atoms with van der Waals surface area (Å²) in [6.45, 7) is 10.9. The van der Waals surface area contributed by atoms with Gasteiger partial charge in [0, 0.05) is 18.2 Å². The third-order valence-electron chi connectivity index (χ3n) is 5.97. The fourth-order valence-corrected chi connectivity index (χ4v) is 4.29. The van der Waals surface area contributed by atoms with Crippen molar-refractivity contribution in [2.45, 2.75) is 97.4 Å². The number of amides is 3. The second-order valence-corrected chi connectivity index (χ2v) is 10.3. The predicted molar refractivity (Wildman–Crippen MR) is 131 cm³/mol. The van der Waals surface area contributed by atoms with E-state index in [1.165, 1.54) is 11.0 Å². The van der Waals surface area contributed by atoms with Crippen LogP contribution in [0.5, 0.6) is 5.75 Å². The van der Waals surface area contributed by atoms with Crippen LogP contribution < -0.4 is 10.6 Å². The highest BCUT2D eigenvalue weighted by Crippen LogP contribution is 2.31. The molecule has 1 aromatic carbocycles. The molecule has 2 rings (SSSR count). The Morgan fingerprint density at radius 3 is 2.26 bits per heavy atom. The molecule has 8 nitrogen and oxygen atoms in total. The van der Waals surface area contributed by atoms with Crippen LogP contribution in [0.15, 0.2) is 24.3 Å². The van der Waals surface area contributed by atoms with Crippen LogP contribution in [-0.4, -0.2) is 52.1 Å². The average Bonchev–Trinajstić information content (AvgIpc) is 2.75. The largest absolute Gasteiger partial charge is 0.508 e. The standard InChI is InChI=1S/C26H41N3O5/c1-7-29(24(32)21(17(2)3)28-25(33)34-26(4,5)6)22(19-15-11-12-16-20(19)30)23(31)27-18-13-9-8-10-14-18/h11-12,15-18,21-22,30H,7-10,13-14H2,1-6H3,(H,27,31)(H,28,33). The van der Waals surface area contributed by atoms with Crippen LogP contribution >= 0.6 is 0 Å². The van der Waals surface area contributed by atoms with Crippen molar-refractivity contribution < 1.29 is 24.2 Å². The van der Waals surface area contributed by atoms with E-state index in [4.69, 9.17) is 4.74 Å². The number of carbonyl (C=O) groups is 3. The van der Waals surface area contributed by atoms with Crippen molar-refractivity contribution in [3.63, 3.8) is 0 Å². The summed E-state index contributed by atoms with van der Waals surface area (Å²) in [6, 6.07) is 4.69. The van der Waals surface area contributed by atoms with Crippen LogP contribution in [0.25, 0.3) is 0 Å². The molecule has 0 bridgehead atoms. The van der Waals surface area contributed by atoms with E-state index in [9.17, 15) is 19.5 Å². The van der Waals surface area contributed by atoms with Crippen LogP contribution in [0.3, 0.4) is 0 Å². The lowest BCUT2D eigenvalue weighted by Gasteiger charge is -2.36. The molecule has 3 amide bonds. The number of phenolic OH excluding ortho intramolecular Hbond substituents is 1. The Morgan fingerprint density at radius 1 is 1.12 bits per heavy atom. The molecule has 190 valence electrons. The minimum atomic E-state index is -1.03. The van der Waals surface area contributed by atoms with Crippen LogP contribution in [0.2, 0.25) is 0 Å². The molecule has 1 fully saturated rings. The molecule has 0 radical (unpaired) electrons. The SMILES string of the molecule is CCN(C(=O)C(NC(=O)OC(C)(C)C)C(C)C)C(C(=O)NC1CCCCC1)c1ccccc1O. The minimum absolute atomic E-state index is 0.0456. The van der Waals surface area contributed by atoms with E-state index in [1.807, 2.05) is 13.8 Å². The number of rotatable bonds is 8. The smallest absolute Gasteiger partial charge is 0.408 e. The summed E-state index contributed by atoms with van der Waals surface area (Å²) in [5.41, 5.74) is -0.358. The fraction of sp³-hybridized carbons (Fsp3) is 0.654. The molecule has 34 heavy (non-hydrogen) atoms. The summed E-state index contributed by atoms with van der Waals surface area (Å²) in [5, 5.41) is 16.4. The molecular weight excluding hydrogens is 434 g/mol. The van der Waals surface area contributed by atoms with Crippen LogP contribution in [0, 0.1) is 5.92 Å². The second kappa shape index (κ2) is 12.1. The van der Waals surface area contributed by atoms with Gasteiger partial charge < -0.3 is 25.4 Å². The number of para-hydroxylation sites is 1. The molecule has 0 aliphatic heterocycles. The van der Waals surface area contributed by atoms with E-state index < -0.39 is 29.7 Å². The summed E-state index contributed by atoms with van der Waals surface area (Å²) >= 11 is 0. The third kappa shape index (κ3) is 7.64. The number of likely N-dealkylation sites (N-methyl/N-ethyl adjacent to an activating group) is 1. The zero-order chi connectivity index (χ0) is 25.5. The molecule has 1 aliphatic carbocycles. The molecule has 2 atom stereocenters. The lowest BCUT2D eigenvalue weighted by molar-refractivity contribution is -0.143. The summed E-state index contributed by atoms with van der Waals surface area (Å²) < 4.78 is 5.35. The Morgan fingerprint density at radius 2 is 1.74 bits per heavy atom. The van der Waals surface area contributed by atoms with Gasteiger partial charge in [0.1, 0.15) is 23.4 Å². The Kier molecular flexibility index (Phi) is 9.77. The highest BCUT2D eigenvalue weighted by Gasteiger charge is 2.38. The Hall–Kier alpha value is -2.77. The number of carbonyl (C=O) groups excluding carboxylic acids is 3. The minimum Gasteiger partial charge on any atom is -0.508 e. The number of nitrogens with zero attached hydrogens (tertiary/aromatic N) is 1. The van der Waals surface area contributed by atoms with Gasteiger partial charge in [0.05, 0.1) is 0 Å². The average molecular weight is 476 g/mol. The maximum atomic E-state index is 13.7. The quantitative estimate of drug-likeness (QED) is 0.520. The Bertz CT molecular complexity index is 843. The first-order valence-electron chi connectivity index (χ1n) is 12.3. The Labute approximate surface area is 203 Å². The highest BCUT2D eigenvalue weighted by atomic mass is 16.6. The molecule has 0 aromatic heterocycles. The van der Waals surface area contributed by atoms with E-state index in [-0.39, 0.29) is 30.2 Å². The Balaban J connectivity index is 2.36. The lowest BCUT2D eigenvalue weighted by atomic mass is 9.94. The van der Waals surface area contributed by atoms with Crippen molar-refractivity contribution in [2.24, 2.45) is 5.92 Å². The van der Waals surface area contributed by atoms with Crippen molar-refractivity contribution in [3.05, 3.63) is 29.8 Å². The molecule has 3 N–H and O–H groups in total. The number of nitrogens with one attached hydrogen (secondary N) is 2. The van der Waals surface area contributed by atoms with Gasteiger partial charge in [0.25, 0.3) is 0 Å². The molecule has 1 saturated carbocycles.